The Morgan fingerprint density at radius 2 is 1.69 bits per heavy atom. The van der Waals surface area contributed by atoms with Gasteiger partial charge in [-0.15, -0.1) is 0 Å². The van der Waals surface area contributed by atoms with E-state index in [9.17, 15) is 9.59 Å². The van der Waals surface area contributed by atoms with Crippen molar-refractivity contribution in [2.24, 2.45) is 5.92 Å². The second kappa shape index (κ2) is 9.46. The van der Waals surface area contributed by atoms with Crippen LogP contribution >= 0.6 is 23.2 Å². The number of carbonyl (C=O) groups excluding carboxylic acids is 2. The van der Waals surface area contributed by atoms with Crippen LogP contribution in [0.5, 0.6) is 0 Å². The monoisotopic (exact) mass is 393 g/mol. The summed E-state index contributed by atoms with van der Waals surface area (Å²) in [5.74, 6) is 0.116. The van der Waals surface area contributed by atoms with E-state index in [1.807, 2.05) is 26.0 Å². The van der Waals surface area contributed by atoms with Crippen LogP contribution in [0.4, 0.5) is 10.5 Å². The Morgan fingerprint density at radius 1 is 1.00 bits per heavy atom. The minimum Gasteiger partial charge on any atom is -0.352 e. The Labute approximate surface area is 163 Å². The zero-order valence-electron chi connectivity index (χ0n) is 14.6. The maximum absolute atomic E-state index is 12.1. The molecule has 0 aliphatic carbocycles. The molecule has 0 saturated carbocycles. The number of carbonyl (C=O) groups is 2. The van der Waals surface area contributed by atoms with Crippen LogP contribution in [-0.2, 0) is 6.54 Å². The van der Waals surface area contributed by atoms with Gasteiger partial charge in [0.1, 0.15) is 0 Å². The number of rotatable bonds is 6. The van der Waals surface area contributed by atoms with Crippen LogP contribution in [0.25, 0.3) is 0 Å². The third kappa shape index (κ3) is 6.24. The second-order valence-electron chi connectivity index (χ2n) is 6.23. The van der Waals surface area contributed by atoms with E-state index in [1.165, 1.54) is 0 Å². The lowest BCUT2D eigenvalue weighted by atomic mass is 10.1. The lowest BCUT2D eigenvalue weighted by Gasteiger charge is -2.11. The van der Waals surface area contributed by atoms with Crippen molar-refractivity contribution in [1.82, 2.24) is 10.6 Å². The summed E-state index contributed by atoms with van der Waals surface area (Å²) in [5.41, 5.74) is 1.81. The molecular formula is C19H21Cl2N3O2. The molecule has 0 aromatic heterocycles. The highest BCUT2D eigenvalue weighted by Gasteiger charge is 2.12. The number of anilines is 1. The van der Waals surface area contributed by atoms with Crippen molar-refractivity contribution in [3.8, 4) is 0 Å². The molecule has 0 aliphatic heterocycles. The van der Waals surface area contributed by atoms with Crippen LogP contribution in [0.1, 0.15) is 29.8 Å². The molecule has 0 aliphatic rings. The average Bonchev–Trinajstić information content (AvgIpc) is 2.59. The van der Waals surface area contributed by atoms with Gasteiger partial charge in [0.15, 0.2) is 0 Å². The standard InChI is InChI=1S/C19H21Cl2N3O2/c1-12(2)10-22-18(25)16-8-7-15(9-17(16)21)24-19(26)23-11-13-3-5-14(20)6-4-13/h3-9,12H,10-11H2,1-2H3,(H,22,25)(H2,23,24,26). The van der Waals surface area contributed by atoms with E-state index in [4.69, 9.17) is 23.2 Å². The van der Waals surface area contributed by atoms with Gasteiger partial charge in [-0.25, -0.2) is 4.79 Å². The van der Waals surface area contributed by atoms with Crippen molar-refractivity contribution in [1.29, 1.82) is 0 Å². The van der Waals surface area contributed by atoms with Crippen molar-refractivity contribution in [3.05, 3.63) is 63.6 Å². The Morgan fingerprint density at radius 3 is 2.31 bits per heavy atom. The molecule has 2 rings (SSSR count). The van der Waals surface area contributed by atoms with Crippen LogP contribution in [-0.4, -0.2) is 18.5 Å². The molecule has 0 radical (unpaired) electrons. The Balaban J connectivity index is 1.90. The van der Waals surface area contributed by atoms with Gasteiger partial charge >= 0.3 is 6.03 Å². The normalized spacial score (nSPS) is 10.5. The highest BCUT2D eigenvalue weighted by molar-refractivity contribution is 6.34. The minimum absolute atomic E-state index is 0.234. The fraction of sp³-hybridized carbons (Fsp3) is 0.263. The van der Waals surface area contributed by atoms with Crippen LogP contribution in [0.3, 0.4) is 0 Å². The Bertz CT molecular complexity index is 777. The zero-order chi connectivity index (χ0) is 19.1. The lowest BCUT2D eigenvalue weighted by Crippen LogP contribution is -2.29. The van der Waals surface area contributed by atoms with Gasteiger partial charge in [0, 0.05) is 23.8 Å². The molecule has 26 heavy (non-hydrogen) atoms. The smallest absolute Gasteiger partial charge is 0.319 e. The molecule has 2 aromatic rings. The summed E-state index contributed by atoms with van der Waals surface area (Å²) in [7, 11) is 0. The van der Waals surface area contributed by atoms with Crippen LogP contribution < -0.4 is 16.0 Å². The molecule has 5 nitrogen and oxygen atoms in total. The van der Waals surface area contributed by atoms with Gasteiger partial charge in [-0.3, -0.25) is 4.79 Å². The maximum atomic E-state index is 12.1. The van der Waals surface area contributed by atoms with E-state index < -0.39 is 0 Å². The average molecular weight is 394 g/mol. The molecule has 0 unspecified atom stereocenters. The SMILES string of the molecule is CC(C)CNC(=O)c1ccc(NC(=O)NCc2ccc(Cl)cc2)cc1Cl. The third-order valence-corrected chi connectivity index (χ3v) is 4.07. The summed E-state index contributed by atoms with van der Waals surface area (Å²) in [4.78, 5) is 24.1. The molecule has 0 atom stereocenters. The maximum Gasteiger partial charge on any atom is 0.319 e. The van der Waals surface area contributed by atoms with E-state index >= 15 is 0 Å². The predicted octanol–water partition coefficient (Wildman–Crippen LogP) is 4.70. The molecule has 0 bridgehead atoms. The van der Waals surface area contributed by atoms with E-state index in [1.54, 1.807) is 30.3 Å². The van der Waals surface area contributed by atoms with Crippen molar-refractivity contribution >= 4 is 40.8 Å². The largest absolute Gasteiger partial charge is 0.352 e. The molecule has 3 N–H and O–H groups in total. The van der Waals surface area contributed by atoms with Crippen molar-refractivity contribution in [3.63, 3.8) is 0 Å². The van der Waals surface area contributed by atoms with Gasteiger partial charge in [-0.2, -0.15) is 0 Å². The van der Waals surface area contributed by atoms with Crippen LogP contribution in [0, 0.1) is 5.92 Å². The summed E-state index contributed by atoms with van der Waals surface area (Å²) in [5, 5.41) is 9.16. The summed E-state index contributed by atoms with van der Waals surface area (Å²) < 4.78 is 0. The van der Waals surface area contributed by atoms with Crippen molar-refractivity contribution < 1.29 is 9.59 Å². The Hall–Kier alpha value is -2.24. The van der Waals surface area contributed by atoms with Gasteiger partial charge in [-0.1, -0.05) is 49.2 Å². The number of hydrogen-bond acceptors (Lipinski definition) is 2. The number of halogens is 2. The first kappa shape index (κ1) is 20.1. The zero-order valence-corrected chi connectivity index (χ0v) is 16.1. The van der Waals surface area contributed by atoms with E-state index in [2.05, 4.69) is 16.0 Å². The van der Waals surface area contributed by atoms with Gasteiger partial charge in [0.05, 0.1) is 10.6 Å². The minimum atomic E-state index is -0.368. The summed E-state index contributed by atoms with van der Waals surface area (Å²) in [6.45, 7) is 4.96. The van der Waals surface area contributed by atoms with Crippen molar-refractivity contribution in [2.45, 2.75) is 20.4 Å². The lowest BCUT2D eigenvalue weighted by molar-refractivity contribution is 0.0949. The van der Waals surface area contributed by atoms with Crippen LogP contribution in [0.15, 0.2) is 42.5 Å². The number of hydrogen-bond donors (Lipinski definition) is 3. The second-order valence-corrected chi connectivity index (χ2v) is 7.08. The highest BCUT2D eigenvalue weighted by atomic mass is 35.5. The van der Waals surface area contributed by atoms with Crippen molar-refractivity contribution in [2.75, 3.05) is 11.9 Å². The van der Waals surface area contributed by atoms with Gasteiger partial charge in [-0.05, 0) is 41.8 Å². The summed E-state index contributed by atoms with van der Waals surface area (Å²) >= 11 is 12.0. The van der Waals surface area contributed by atoms with Crippen LogP contribution in [0.2, 0.25) is 10.0 Å². The van der Waals surface area contributed by atoms with E-state index in [0.29, 0.717) is 35.3 Å². The number of benzene rings is 2. The summed E-state index contributed by atoms with van der Waals surface area (Å²) in [6, 6.07) is 11.6. The third-order valence-electron chi connectivity index (χ3n) is 3.51. The molecule has 0 fully saturated rings. The van der Waals surface area contributed by atoms with Gasteiger partial charge in [0.2, 0.25) is 0 Å². The first-order chi connectivity index (χ1) is 12.3. The first-order valence-corrected chi connectivity index (χ1v) is 8.98. The number of urea groups is 1. The molecule has 3 amide bonds. The topological polar surface area (TPSA) is 70.2 Å². The quantitative estimate of drug-likeness (QED) is 0.665. The molecule has 2 aromatic carbocycles. The van der Waals surface area contributed by atoms with Gasteiger partial charge < -0.3 is 16.0 Å². The van der Waals surface area contributed by atoms with E-state index in [-0.39, 0.29) is 17.0 Å². The molecule has 0 spiro atoms. The molecule has 138 valence electrons. The fourth-order valence-electron chi connectivity index (χ4n) is 2.13. The first-order valence-electron chi connectivity index (χ1n) is 8.22. The number of amides is 3. The number of nitrogens with one attached hydrogen (secondary N) is 3. The van der Waals surface area contributed by atoms with E-state index in [0.717, 1.165) is 5.56 Å². The van der Waals surface area contributed by atoms with Gasteiger partial charge in [0.25, 0.3) is 5.91 Å². The predicted molar refractivity (Wildman–Crippen MR) is 106 cm³/mol. The summed E-state index contributed by atoms with van der Waals surface area (Å²) in [6.07, 6.45) is 0. The Kier molecular flexibility index (Phi) is 7.30. The molecular weight excluding hydrogens is 373 g/mol. The molecule has 0 heterocycles. The molecule has 7 heteroatoms. The fourth-order valence-corrected chi connectivity index (χ4v) is 2.52. The highest BCUT2D eigenvalue weighted by Crippen LogP contribution is 2.21. The molecule has 0 saturated heterocycles.